The number of amides is 1. The van der Waals surface area contributed by atoms with E-state index >= 15 is 0 Å². The van der Waals surface area contributed by atoms with Gasteiger partial charge in [0, 0.05) is 18.4 Å². The minimum absolute atomic E-state index is 0.0289. The number of nitrogens with two attached hydrogens (primary N) is 1. The molecule has 4 heteroatoms. The highest BCUT2D eigenvalue weighted by Gasteiger charge is 2.18. The molecule has 0 aliphatic heterocycles. The fraction of sp³-hybridized carbons (Fsp3) is 0.800. The summed E-state index contributed by atoms with van der Waals surface area (Å²) in [5.74, 6) is 0.458. The molecule has 0 fully saturated rings. The molecule has 0 bridgehead atoms. The van der Waals surface area contributed by atoms with Crippen LogP contribution >= 0.6 is 12.2 Å². The summed E-state index contributed by atoms with van der Waals surface area (Å²) in [7, 11) is 0. The van der Waals surface area contributed by atoms with Gasteiger partial charge >= 0.3 is 0 Å². The van der Waals surface area contributed by atoms with Crippen LogP contribution in [-0.2, 0) is 4.79 Å². The summed E-state index contributed by atoms with van der Waals surface area (Å²) in [5, 5.41) is 2.89. The molecule has 0 spiro atoms. The Morgan fingerprint density at radius 1 is 1.36 bits per heavy atom. The number of carbonyl (C=O) groups is 1. The Hall–Kier alpha value is -0.640. The van der Waals surface area contributed by atoms with Crippen LogP contribution in [0.2, 0.25) is 0 Å². The Kier molecular flexibility index (Phi) is 5.69. The first-order chi connectivity index (χ1) is 6.34. The van der Waals surface area contributed by atoms with Crippen LogP contribution in [0.4, 0.5) is 0 Å². The molecule has 0 radical (unpaired) electrons. The Bertz CT molecular complexity index is 216. The number of hydrogen-bond acceptors (Lipinski definition) is 2. The molecule has 0 rings (SSSR count). The van der Waals surface area contributed by atoms with Gasteiger partial charge in [0.2, 0.25) is 5.91 Å². The number of hydrogen-bond donors (Lipinski definition) is 2. The molecule has 1 amide bonds. The Balaban J connectivity index is 3.99. The summed E-state index contributed by atoms with van der Waals surface area (Å²) in [5.41, 5.74) is 5.39. The van der Waals surface area contributed by atoms with Crippen molar-refractivity contribution in [2.24, 2.45) is 17.6 Å². The van der Waals surface area contributed by atoms with E-state index in [0.29, 0.717) is 17.3 Å². The van der Waals surface area contributed by atoms with E-state index in [4.69, 9.17) is 18.0 Å². The van der Waals surface area contributed by atoms with Gasteiger partial charge in [-0.15, -0.1) is 0 Å². The number of thiocarbonyl (C=S) groups is 1. The minimum Gasteiger partial charge on any atom is -0.393 e. The first kappa shape index (κ1) is 13.4. The fourth-order valence-electron chi connectivity index (χ4n) is 1.03. The highest BCUT2D eigenvalue weighted by atomic mass is 32.1. The number of rotatable bonds is 5. The summed E-state index contributed by atoms with van der Waals surface area (Å²) in [6.45, 7) is 7.89. The van der Waals surface area contributed by atoms with Crippen molar-refractivity contribution in [1.29, 1.82) is 0 Å². The molecule has 0 aromatic carbocycles. The summed E-state index contributed by atoms with van der Waals surface area (Å²) >= 11 is 4.77. The highest BCUT2D eigenvalue weighted by molar-refractivity contribution is 7.80. The van der Waals surface area contributed by atoms with Crippen molar-refractivity contribution >= 4 is 23.1 Å². The molecule has 14 heavy (non-hydrogen) atoms. The zero-order chi connectivity index (χ0) is 11.3. The van der Waals surface area contributed by atoms with Gasteiger partial charge in [0.05, 0.1) is 4.99 Å². The standard InChI is InChI=1S/C10H20N2OS/c1-6(2)8(4)10(13)12-7(3)5-9(11)14/h6-8H,5H2,1-4H3,(H2,11,14)(H,12,13). The molecule has 2 atom stereocenters. The average molecular weight is 216 g/mol. The minimum atomic E-state index is 0.0289. The molecule has 0 aromatic rings. The first-order valence-corrected chi connectivity index (χ1v) is 5.34. The SMILES string of the molecule is CC(CC(N)=S)NC(=O)C(C)C(C)C. The van der Waals surface area contributed by atoms with Crippen molar-refractivity contribution in [1.82, 2.24) is 5.32 Å². The predicted molar refractivity (Wildman–Crippen MR) is 63.0 cm³/mol. The topological polar surface area (TPSA) is 55.1 Å². The van der Waals surface area contributed by atoms with Crippen LogP contribution in [0.1, 0.15) is 34.1 Å². The average Bonchev–Trinajstić information content (AvgIpc) is 2.00. The van der Waals surface area contributed by atoms with Gasteiger partial charge in [-0.05, 0) is 12.8 Å². The Labute approximate surface area is 91.4 Å². The molecule has 0 saturated carbocycles. The zero-order valence-electron chi connectivity index (χ0n) is 9.33. The van der Waals surface area contributed by atoms with E-state index in [0.717, 1.165) is 0 Å². The predicted octanol–water partition coefficient (Wildman–Crippen LogP) is 1.46. The van der Waals surface area contributed by atoms with Crippen LogP contribution in [0.3, 0.4) is 0 Å². The van der Waals surface area contributed by atoms with Crippen LogP contribution < -0.4 is 11.1 Å². The second kappa shape index (κ2) is 5.96. The lowest BCUT2D eigenvalue weighted by molar-refractivity contribution is -0.126. The quantitative estimate of drug-likeness (QED) is 0.684. The molecule has 0 saturated heterocycles. The van der Waals surface area contributed by atoms with Crippen LogP contribution in [0.25, 0.3) is 0 Å². The van der Waals surface area contributed by atoms with E-state index in [1.807, 2.05) is 27.7 Å². The lowest BCUT2D eigenvalue weighted by Crippen LogP contribution is -2.39. The third-order valence-electron chi connectivity index (χ3n) is 2.31. The monoisotopic (exact) mass is 216 g/mol. The normalized spacial score (nSPS) is 14.9. The van der Waals surface area contributed by atoms with Gasteiger partial charge in [0.15, 0.2) is 0 Å². The fourth-order valence-corrected chi connectivity index (χ4v) is 1.28. The van der Waals surface area contributed by atoms with Gasteiger partial charge in [0.1, 0.15) is 0 Å². The van der Waals surface area contributed by atoms with E-state index in [9.17, 15) is 4.79 Å². The summed E-state index contributed by atoms with van der Waals surface area (Å²) < 4.78 is 0. The van der Waals surface area contributed by atoms with E-state index in [1.54, 1.807) is 0 Å². The maximum Gasteiger partial charge on any atom is 0.223 e. The molecule has 0 aromatic heterocycles. The summed E-state index contributed by atoms with van der Waals surface area (Å²) in [6.07, 6.45) is 0.561. The van der Waals surface area contributed by atoms with E-state index in [2.05, 4.69) is 5.32 Å². The van der Waals surface area contributed by atoms with Gasteiger partial charge in [0.25, 0.3) is 0 Å². The lowest BCUT2D eigenvalue weighted by Gasteiger charge is -2.19. The van der Waals surface area contributed by atoms with Gasteiger partial charge in [-0.1, -0.05) is 33.0 Å². The molecule has 0 heterocycles. The second-order valence-electron chi connectivity index (χ2n) is 4.11. The molecule has 3 nitrogen and oxygen atoms in total. The van der Waals surface area contributed by atoms with Crippen molar-refractivity contribution in [2.45, 2.75) is 40.2 Å². The van der Waals surface area contributed by atoms with Gasteiger partial charge in [-0.2, -0.15) is 0 Å². The lowest BCUT2D eigenvalue weighted by atomic mass is 9.97. The maximum absolute atomic E-state index is 11.6. The first-order valence-electron chi connectivity index (χ1n) is 4.93. The van der Waals surface area contributed by atoms with Gasteiger partial charge in [-0.25, -0.2) is 0 Å². The molecular weight excluding hydrogens is 196 g/mol. The van der Waals surface area contributed by atoms with Crippen molar-refractivity contribution < 1.29 is 4.79 Å². The van der Waals surface area contributed by atoms with E-state index in [1.165, 1.54) is 0 Å². The number of nitrogens with one attached hydrogen (secondary N) is 1. The van der Waals surface area contributed by atoms with Crippen LogP contribution in [0.5, 0.6) is 0 Å². The molecule has 0 aliphatic rings. The smallest absolute Gasteiger partial charge is 0.223 e. The van der Waals surface area contributed by atoms with Crippen molar-refractivity contribution in [2.75, 3.05) is 0 Å². The van der Waals surface area contributed by atoms with Crippen LogP contribution in [0, 0.1) is 11.8 Å². The van der Waals surface area contributed by atoms with Crippen LogP contribution in [0.15, 0.2) is 0 Å². The van der Waals surface area contributed by atoms with E-state index in [-0.39, 0.29) is 17.9 Å². The molecule has 82 valence electrons. The third-order valence-corrected chi connectivity index (χ3v) is 2.48. The largest absolute Gasteiger partial charge is 0.393 e. The summed E-state index contributed by atoms with van der Waals surface area (Å²) in [6, 6.07) is 0.0289. The zero-order valence-corrected chi connectivity index (χ0v) is 10.1. The van der Waals surface area contributed by atoms with Crippen molar-refractivity contribution in [3.8, 4) is 0 Å². The summed E-state index contributed by atoms with van der Waals surface area (Å²) in [4.78, 5) is 12.0. The van der Waals surface area contributed by atoms with Crippen molar-refractivity contribution in [3.63, 3.8) is 0 Å². The van der Waals surface area contributed by atoms with Gasteiger partial charge < -0.3 is 11.1 Å². The Morgan fingerprint density at radius 2 is 1.86 bits per heavy atom. The molecular formula is C10H20N2OS. The third kappa shape index (κ3) is 5.17. The highest BCUT2D eigenvalue weighted by Crippen LogP contribution is 2.09. The molecule has 2 unspecified atom stereocenters. The Morgan fingerprint density at radius 3 is 2.21 bits per heavy atom. The number of carbonyl (C=O) groups excluding carboxylic acids is 1. The maximum atomic E-state index is 11.6. The van der Waals surface area contributed by atoms with Crippen molar-refractivity contribution in [3.05, 3.63) is 0 Å². The van der Waals surface area contributed by atoms with Crippen LogP contribution in [-0.4, -0.2) is 16.9 Å². The molecule has 0 aliphatic carbocycles. The molecule has 3 N–H and O–H groups in total. The van der Waals surface area contributed by atoms with Gasteiger partial charge in [-0.3, -0.25) is 4.79 Å². The second-order valence-corrected chi connectivity index (χ2v) is 4.64. The van der Waals surface area contributed by atoms with E-state index < -0.39 is 0 Å².